The van der Waals surface area contributed by atoms with Gasteiger partial charge < -0.3 is 20.3 Å². The highest BCUT2D eigenvalue weighted by Gasteiger charge is 2.22. The zero-order valence-corrected chi connectivity index (χ0v) is 16.3. The average molecular weight is 400 g/mol. The third-order valence-corrected chi connectivity index (χ3v) is 5.10. The second-order valence-electron chi connectivity index (χ2n) is 6.14. The standard InChI is InChI=1S/C17H25FN4O4S/c1-26-10-5-19-16(23)12-21-6-8-22(9-7-21)17(24)20-13-3-4-15(27(2)25)14(18)11-13/h3-4,11H,5-10,12H2,1-2H3,(H,19,23)(H,20,24). The summed E-state index contributed by atoms with van der Waals surface area (Å²) in [4.78, 5) is 27.8. The highest BCUT2D eigenvalue weighted by Crippen LogP contribution is 2.17. The molecule has 1 unspecified atom stereocenters. The number of piperazine rings is 1. The van der Waals surface area contributed by atoms with Gasteiger partial charge in [-0.25, -0.2) is 9.18 Å². The molecule has 2 N–H and O–H groups in total. The minimum Gasteiger partial charge on any atom is -0.383 e. The molecule has 10 heteroatoms. The molecule has 1 aliphatic heterocycles. The maximum Gasteiger partial charge on any atom is 0.321 e. The number of methoxy groups -OCH3 is 1. The Balaban J connectivity index is 1.78. The van der Waals surface area contributed by atoms with Crippen molar-refractivity contribution < 1.29 is 22.9 Å². The normalized spacial score (nSPS) is 16.0. The second-order valence-corrected chi connectivity index (χ2v) is 7.48. The van der Waals surface area contributed by atoms with Crippen LogP contribution in [0.1, 0.15) is 0 Å². The zero-order chi connectivity index (χ0) is 19.8. The summed E-state index contributed by atoms with van der Waals surface area (Å²) >= 11 is 0. The summed E-state index contributed by atoms with van der Waals surface area (Å²) in [5.74, 6) is -0.688. The van der Waals surface area contributed by atoms with Crippen LogP contribution < -0.4 is 10.6 Å². The van der Waals surface area contributed by atoms with Crippen LogP contribution in [-0.4, -0.2) is 85.2 Å². The summed E-state index contributed by atoms with van der Waals surface area (Å²) in [6.45, 7) is 3.31. The van der Waals surface area contributed by atoms with E-state index in [0.717, 1.165) is 6.07 Å². The van der Waals surface area contributed by atoms with Gasteiger partial charge in [-0.05, 0) is 18.2 Å². The fraction of sp³-hybridized carbons (Fsp3) is 0.529. The van der Waals surface area contributed by atoms with Gasteiger partial charge >= 0.3 is 6.03 Å². The van der Waals surface area contributed by atoms with Gasteiger partial charge in [0.05, 0.1) is 28.8 Å². The van der Waals surface area contributed by atoms with E-state index in [-0.39, 0.29) is 23.4 Å². The largest absolute Gasteiger partial charge is 0.383 e. The van der Waals surface area contributed by atoms with Gasteiger partial charge in [0.15, 0.2) is 0 Å². The molecule has 150 valence electrons. The van der Waals surface area contributed by atoms with Crippen LogP contribution in [-0.2, 0) is 20.3 Å². The number of nitrogens with zero attached hydrogens (tertiary/aromatic N) is 2. The molecule has 0 radical (unpaired) electrons. The number of anilines is 1. The van der Waals surface area contributed by atoms with Gasteiger partial charge in [0.25, 0.3) is 0 Å². The second kappa shape index (κ2) is 10.3. The number of ether oxygens (including phenoxy) is 1. The first-order chi connectivity index (χ1) is 12.9. The predicted molar refractivity (Wildman–Crippen MR) is 101 cm³/mol. The molecule has 1 aromatic carbocycles. The molecule has 0 saturated carbocycles. The molecule has 0 aromatic heterocycles. The fourth-order valence-electron chi connectivity index (χ4n) is 2.67. The highest BCUT2D eigenvalue weighted by molar-refractivity contribution is 7.84. The van der Waals surface area contributed by atoms with E-state index in [2.05, 4.69) is 10.6 Å². The van der Waals surface area contributed by atoms with Gasteiger partial charge in [0.1, 0.15) is 5.82 Å². The van der Waals surface area contributed by atoms with Crippen LogP contribution in [0.2, 0.25) is 0 Å². The first kappa shape index (κ1) is 21.3. The van der Waals surface area contributed by atoms with E-state index in [4.69, 9.17) is 4.74 Å². The van der Waals surface area contributed by atoms with Crippen molar-refractivity contribution in [3.05, 3.63) is 24.0 Å². The Labute approximate surface area is 160 Å². The van der Waals surface area contributed by atoms with Crippen LogP contribution in [0.15, 0.2) is 23.1 Å². The van der Waals surface area contributed by atoms with Crippen molar-refractivity contribution in [3.8, 4) is 0 Å². The Bertz CT molecular complexity index is 696. The van der Waals surface area contributed by atoms with E-state index in [0.29, 0.717) is 45.0 Å². The molecule has 0 aliphatic carbocycles. The first-order valence-electron chi connectivity index (χ1n) is 8.57. The number of carbonyl (C=O) groups is 2. The Morgan fingerprint density at radius 1 is 1.26 bits per heavy atom. The van der Waals surface area contributed by atoms with Gasteiger partial charge in [-0.15, -0.1) is 0 Å². The molecule has 1 aromatic rings. The van der Waals surface area contributed by atoms with E-state index in [1.165, 1.54) is 18.4 Å². The van der Waals surface area contributed by atoms with Crippen molar-refractivity contribution in [2.45, 2.75) is 4.90 Å². The number of amides is 3. The molecule has 1 aliphatic rings. The van der Waals surface area contributed by atoms with E-state index < -0.39 is 16.6 Å². The number of hydrogen-bond donors (Lipinski definition) is 2. The molecule has 1 fully saturated rings. The van der Waals surface area contributed by atoms with Crippen LogP contribution in [0.3, 0.4) is 0 Å². The van der Waals surface area contributed by atoms with E-state index in [1.54, 1.807) is 12.0 Å². The topological polar surface area (TPSA) is 91.0 Å². The monoisotopic (exact) mass is 400 g/mol. The summed E-state index contributed by atoms with van der Waals surface area (Å²) in [7, 11) is 0.152. The third kappa shape index (κ3) is 6.56. The lowest BCUT2D eigenvalue weighted by Crippen LogP contribution is -2.52. The Hall–Kier alpha value is -2.04. The molecule has 8 nitrogen and oxygen atoms in total. The molecule has 2 rings (SSSR count). The minimum atomic E-state index is -1.42. The summed E-state index contributed by atoms with van der Waals surface area (Å²) in [6, 6.07) is 3.76. The molecule has 0 bridgehead atoms. The van der Waals surface area contributed by atoms with E-state index in [9.17, 15) is 18.2 Å². The van der Waals surface area contributed by atoms with Crippen LogP contribution in [0.5, 0.6) is 0 Å². The lowest BCUT2D eigenvalue weighted by atomic mass is 10.3. The number of nitrogens with one attached hydrogen (secondary N) is 2. The smallest absolute Gasteiger partial charge is 0.321 e. The van der Waals surface area contributed by atoms with Crippen LogP contribution in [0.4, 0.5) is 14.9 Å². The van der Waals surface area contributed by atoms with Crippen molar-refractivity contribution >= 4 is 28.4 Å². The summed E-state index contributed by atoms with van der Waals surface area (Å²) in [5, 5.41) is 5.40. The van der Waals surface area contributed by atoms with Crippen molar-refractivity contribution in [3.63, 3.8) is 0 Å². The average Bonchev–Trinajstić information content (AvgIpc) is 2.62. The van der Waals surface area contributed by atoms with Gasteiger partial charge in [-0.3, -0.25) is 13.9 Å². The van der Waals surface area contributed by atoms with Crippen molar-refractivity contribution in [1.82, 2.24) is 15.1 Å². The predicted octanol–water partition coefficient (Wildman–Crippen LogP) is 0.475. The molecule has 1 heterocycles. The van der Waals surface area contributed by atoms with Gasteiger partial charge in [-0.2, -0.15) is 0 Å². The number of halogens is 1. The number of rotatable bonds is 7. The molecule has 27 heavy (non-hydrogen) atoms. The summed E-state index contributed by atoms with van der Waals surface area (Å²) in [5.41, 5.74) is 0.312. The van der Waals surface area contributed by atoms with Crippen molar-refractivity contribution in [2.24, 2.45) is 0 Å². The van der Waals surface area contributed by atoms with Crippen LogP contribution >= 0.6 is 0 Å². The molecule has 1 saturated heterocycles. The van der Waals surface area contributed by atoms with Gasteiger partial charge in [-0.1, -0.05) is 0 Å². The lowest BCUT2D eigenvalue weighted by molar-refractivity contribution is -0.122. The molecule has 1 atom stereocenters. The minimum absolute atomic E-state index is 0.0752. The van der Waals surface area contributed by atoms with E-state index >= 15 is 0 Å². The van der Waals surface area contributed by atoms with Crippen molar-refractivity contribution in [2.75, 3.05) is 64.6 Å². The molecular formula is C17H25FN4O4S. The maximum absolute atomic E-state index is 13.9. The Morgan fingerprint density at radius 2 is 1.96 bits per heavy atom. The molecule has 3 amide bonds. The lowest BCUT2D eigenvalue weighted by Gasteiger charge is -2.34. The molecular weight excluding hydrogens is 375 g/mol. The Kier molecular flexibility index (Phi) is 8.14. The third-order valence-electron chi connectivity index (χ3n) is 4.15. The van der Waals surface area contributed by atoms with Gasteiger partial charge in [0, 0.05) is 51.8 Å². The van der Waals surface area contributed by atoms with Gasteiger partial charge in [0.2, 0.25) is 5.91 Å². The van der Waals surface area contributed by atoms with Crippen LogP contribution in [0, 0.1) is 5.82 Å². The van der Waals surface area contributed by atoms with E-state index in [1.807, 2.05) is 4.90 Å². The highest BCUT2D eigenvalue weighted by atomic mass is 32.2. The number of urea groups is 1. The quantitative estimate of drug-likeness (QED) is 0.650. The number of carbonyl (C=O) groups excluding carboxylic acids is 2. The molecule has 0 spiro atoms. The summed E-state index contributed by atoms with van der Waals surface area (Å²) < 4.78 is 30.1. The van der Waals surface area contributed by atoms with Crippen molar-refractivity contribution in [1.29, 1.82) is 0 Å². The number of hydrogen-bond acceptors (Lipinski definition) is 5. The maximum atomic E-state index is 13.9. The van der Waals surface area contributed by atoms with Crippen LogP contribution in [0.25, 0.3) is 0 Å². The fourth-order valence-corrected chi connectivity index (χ4v) is 3.27. The number of benzene rings is 1. The first-order valence-corrected chi connectivity index (χ1v) is 10.1. The SMILES string of the molecule is COCCNC(=O)CN1CCN(C(=O)Nc2ccc(S(C)=O)c(F)c2)CC1. The summed E-state index contributed by atoms with van der Waals surface area (Å²) in [6.07, 6.45) is 1.40. The Morgan fingerprint density at radius 3 is 2.56 bits per heavy atom. The zero-order valence-electron chi connectivity index (χ0n) is 15.5.